The Balaban J connectivity index is 1.02. The number of nitrogens with one attached hydrogen (secondary N) is 3. The van der Waals surface area contributed by atoms with Crippen LogP contribution in [0.15, 0.2) is 78.0 Å². The van der Waals surface area contributed by atoms with Gasteiger partial charge in [0, 0.05) is 61.1 Å². The molecule has 3 aromatic heterocycles. The Morgan fingerprint density at radius 2 is 1.71 bits per heavy atom. The van der Waals surface area contributed by atoms with E-state index in [2.05, 4.69) is 46.8 Å². The second kappa shape index (κ2) is 13.2. The first-order valence-electron chi connectivity index (χ1n) is 15.6. The number of anilines is 3. The Kier molecular flexibility index (Phi) is 8.49. The Labute approximate surface area is 281 Å². The van der Waals surface area contributed by atoms with Gasteiger partial charge in [-0.1, -0.05) is 36.3 Å². The lowest BCUT2D eigenvalue weighted by molar-refractivity contribution is 0.0746. The van der Waals surface area contributed by atoms with Crippen LogP contribution in [-0.4, -0.2) is 92.2 Å². The van der Waals surface area contributed by atoms with E-state index < -0.39 is 15.9 Å². The van der Waals surface area contributed by atoms with Gasteiger partial charge < -0.3 is 20.4 Å². The van der Waals surface area contributed by atoms with E-state index in [1.54, 1.807) is 17.0 Å². The predicted molar refractivity (Wildman–Crippen MR) is 180 cm³/mol. The van der Waals surface area contributed by atoms with E-state index in [1.807, 2.05) is 29.2 Å². The Morgan fingerprint density at radius 1 is 0.959 bits per heavy atom. The van der Waals surface area contributed by atoms with E-state index in [9.17, 15) is 18.0 Å². The number of terminal acetylenes is 1. The van der Waals surface area contributed by atoms with Gasteiger partial charge in [0.1, 0.15) is 17.8 Å². The number of hydrogen-bond donors (Lipinski definition) is 3. The fourth-order valence-corrected chi connectivity index (χ4v) is 6.42. The van der Waals surface area contributed by atoms with Crippen molar-refractivity contribution in [1.82, 2.24) is 44.6 Å². The maximum atomic E-state index is 13.4. The van der Waals surface area contributed by atoms with Crippen molar-refractivity contribution in [3.05, 3.63) is 90.0 Å². The average Bonchev–Trinajstić information content (AvgIpc) is 3.66. The number of hydrogen-bond acceptors (Lipinski definition) is 11. The molecule has 2 fully saturated rings. The number of aromatic amines is 1. The fourth-order valence-electron chi connectivity index (χ4n) is 5.37. The van der Waals surface area contributed by atoms with Crippen LogP contribution in [0.4, 0.5) is 17.6 Å². The summed E-state index contributed by atoms with van der Waals surface area (Å²) >= 11 is 0. The van der Waals surface area contributed by atoms with Crippen LogP contribution in [0.5, 0.6) is 0 Å². The Morgan fingerprint density at radius 3 is 2.43 bits per heavy atom. The van der Waals surface area contributed by atoms with Gasteiger partial charge in [-0.25, -0.2) is 9.97 Å². The van der Waals surface area contributed by atoms with Crippen LogP contribution < -0.4 is 15.5 Å². The first-order valence-corrected chi connectivity index (χ1v) is 17.0. The summed E-state index contributed by atoms with van der Waals surface area (Å²) in [4.78, 5) is 43.0. The van der Waals surface area contributed by atoms with Crippen molar-refractivity contribution < 1.29 is 18.0 Å². The van der Waals surface area contributed by atoms with Crippen LogP contribution in [0.25, 0.3) is 11.4 Å². The summed E-state index contributed by atoms with van der Waals surface area (Å²) in [6, 6.07) is 18.3. The van der Waals surface area contributed by atoms with Crippen LogP contribution in [-0.2, 0) is 10.0 Å². The van der Waals surface area contributed by atoms with E-state index in [0.29, 0.717) is 60.8 Å². The second-order valence-electron chi connectivity index (χ2n) is 11.5. The molecule has 2 aliphatic rings. The molecule has 1 saturated heterocycles. The molecule has 2 aromatic carbocycles. The van der Waals surface area contributed by atoms with E-state index >= 15 is 0 Å². The van der Waals surface area contributed by atoms with Gasteiger partial charge in [-0.3, -0.25) is 14.7 Å². The molecule has 0 unspecified atom stereocenters. The van der Waals surface area contributed by atoms with Crippen LogP contribution in [0, 0.1) is 12.3 Å². The van der Waals surface area contributed by atoms with Gasteiger partial charge >= 0.3 is 0 Å². The van der Waals surface area contributed by atoms with Crippen LogP contribution in [0.2, 0.25) is 0 Å². The molecule has 15 nitrogen and oxygen atoms in total. The average molecular weight is 678 g/mol. The molecule has 0 bridgehead atoms. The minimum absolute atomic E-state index is 0.0234. The lowest BCUT2D eigenvalue weighted by Gasteiger charge is -2.35. The maximum absolute atomic E-state index is 13.4. The van der Waals surface area contributed by atoms with Gasteiger partial charge in [-0.15, -0.1) is 15.6 Å². The van der Waals surface area contributed by atoms with Crippen molar-refractivity contribution in [2.24, 2.45) is 0 Å². The van der Waals surface area contributed by atoms with Gasteiger partial charge in [0.15, 0.2) is 11.6 Å². The lowest BCUT2D eigenvalue weighted by atomic mass is 10.2. The molecule has 0 spiro atoms. The quantitative estimate of drug-likeness (QED) is 0.185. The van der Waals surface area contributed by atoms with E-state index in [1.165, 1.54) is 30.3 Å². The zero-order valence-corrected chi connectivity index (χ0v) is 27.0. The number of amides is 2. The SMILES string of the molecule is C#CCNC(=O)c1cc(Nc2cc(C3CC3)[nH]n2)nc(N2CCN(C(=O)c3ccc(S(=O)(=O)n4cnc(-c5ccccc5)n4)cc3)CC2)n1. The Hall–Kier alpha value is -6.08. The van der Waals surface area contributed by atoms with Crippen molar-refractivity contribution in [2.45, 2.75) is 23.7 Å². The molecule has 1 aliphatic heterocycles. The molecule has 5 aromatic rings. The van der Waals surface area contributed by atoms with Crippen molar-refractivity contribution in [3.8, 4) is 23.7 Å². The maximum Gasteiger partial charge on any atom is 0.284 e. The fraction of sp³-hybridized carbons (Fsp3) is 0.242. The normalized spacial score (nSPS) is 14.7. The lowest BCUT2D eigenvalue weighted by Crippen LogP contribution is -2.49. The van der Waals surface area contributed by atoms with Crippen LogP contribution in [0.3, 0.4) is 0 Å². The largest absolute Gasteiger partial charge is 0.340 e. The molecule has 4 heterocycles. The summed E-state index contributed by atoms with van der Waals surface area (Å²) in [5.41, 5.74) is 2.22. The van der Waals surface area contributed by atoms with Crippen LogP contribution in [0.1, 0.15) is 45.3 Å². The highest BCUT2D eigenvalue weighted by Gasteiger charge is 2.27. The zero-order chi connectivity index (χ0) is 34.0. The molecule has 1 aliphatic carbocycles. The van der Waals surface area contributed by atoms with Crippen molar-refractivity contribution in [3.63, 3.8) is 0 Å². The molecule has 16 heteroatoms. The standard InChI is InChI=1S/C33H31N11O4S/c1-2-14-34-31(45)27-20-28(37-29-19-26(39-40-29)22-8-9-22)38-33(36-27)43-17-15-42(16-18-43)32(46)24-10-12-25(13-11-24)49(47,48)44-21-35-30(41-44)23-6-4-3-5-7-23/h1,3-7,10-13,19-22H,8-9,14-18H2,(H,34,45)(H2,36,37,38,39,40). The van der Waals surface area contributed by atoms with Crippen LogP contribution >= 0.6 is 0 Å². The van der Waals surface area contributed by atoms with Gasteiger partial charge in [-0.2, -0.15) is 18.5 Å². The molecule has 0 atom stereocenters. The van der Waals surface area contributed by atoms with Gasteiger partial charge in [-0.05, 0) is 37.1 Å². The highest BCUT2D eigenvalue weighted by molar-refractivity contribution is 7.89. The highest BCUT2D eigenvalue weighted by Crippen LogP contribution is 2.39. The number of piperazine rings is 1. The second-order valence-corrected chi connectivity index (χ2v) is 13.3. The number of H-pyrrole nitrogens is 1. The molecule has 1 saturated carbocycles. The molecular formula is C33H31N11O4S. The molecule has 248 valence electrons. The predicted octanol–water partition coefficient (Wildman–Crippen LogP) is 2.64. The van der Waals surface area contributed by atoms with E-state index in [-0.39, 0.29) is 28.9 Å². The summed E-state index contributed by atoms with van der Waals surface area (Å²) in [7, 11) is -4.02. The van der Waals surface area contributed by atoms with Gasteiger partial charge in [0.2, 0.25) is 5.95 Å². The minimum Gasteiger partial charge on any atom is -0.340 e. The van der Waals surface area contributed by atoms with E-state index in [0.717, 1.165) is 29.0 Å². The summed E-state index contributed by atoms with van der Waals surface area (Å²) < 4.78 is 27.2. The first kappa shape index (κ1) is 31.5. The minimum atomic E-state index is -4.02. The smallest absolute Gasteiger partial charge is 0.284 e. The molecule has 49 heavy (non-hydrogen) atoms. The van der Waals surface area contributed by atoms with Gasteiger partial charge in [0.25, 0.3) is 21.8 Å². The number of benzene rings is 2. The van der Waals surface area contributed by atoms with Crippen molar-refractivity contribution in [2.75, 3.05) is 42.9 Å². The third kappa shape index (κ3) is 6.83. The topological polar surface area (TPSA) is 184 Å². The summed E-state index contributed by atoms with van der Waals surface area (Å²) in [6.45, 7) is 1.55. The zero-order valence-electron chi connectivity index (χ0n) is 26.2. The van der Waals surface area contributed by atoms with Crippen molar-refractivity contribution in [1.29, 1.82) is 0 Å². The molecule has 0 radical (unpaired) electrons. The number of carbonyl (C=O) groups is 2. The molecule has 2 amide bonds. The summed E-state index contributed by atoms with van der Waals surface area (Å²) in [5.74, 6) is 3.76. The summed E-state index contributed by atoms with van der Waals surface area (Å²) in [6.07, 6.45) is 8.72. The molecule has 3 N–H and O–H groups in total. The molecular weight excluding hydrogens is 647 g/mol. The Bertz CT molecular complexity index is 2150. The monoisotopic (exact) mass is 677 g/mol. The summed E-state index contributed by atoms with van der Waals surface area (Å²) in [5, 5.41) is 17.3. The number of carbonyl (C=O) groups excluding carboxylic acids is 2. The third-order valence-electron chi connectivity index (χ3n) is 8.17. The van der Waals surface area contributed by atoms with Gasteiger partial charge in [0.05, 0.1) is 11.4 Å². The number of nitrogens with zero attached hydrogens (tertiary/aromatic N) is 8. The number of rotatable bonds is 10. The number of aromatic nitrogens is 7. The third-order valence-corrected chi connectivity index (χ3v) is 9.70. The highest BCUT2D eigenvalue weighted by atomic mass is 32.2. The first-order chi connectivity index (χ1) is 23.8. The van der Waals surface area contributed by atoms with Crippen molar-refractivity contribution >= 4 is 39.4 Å². The van der Waals surface area contributed by atoms with E-state index in [4.69, 9.17) is 6.42 Å². The molecule has 7 rings (SSSR count).